The lowest BCUT2D eigenvalue weighted by atomic mass is 10.0. The minimum Gasteiger partial charge on any atom is -0.492 e. The van der Waals surface area contributed by atoms with E-state index in [1.54, 1.807) is 12.1 Å². The van der Waals surface area contributed by atoms with E-state index >= 15 is 0 Å². The molecule has 1 amide bonds. The number of benzene rings is 1. The quantitative estimate of drug-likeness (QED) is 0.886. The maximum Gasteiger partial charge on any atom is 0.289 e. The molecular formula is C19H24N2O3. The highest BCUT2D eigenvalue weighted by molar-refractivity contribution is 5.91. The molecule has 0 radical (unpaired) electrons. The summed E-state index contributed by atoms with van der Waals surface area (Å²) in [5.74, 6) is 1.30. The molecule has 2 aromatic rings. The minimum atomic E-state index is -0.0149. The Morgan fingerprint density at radius 2 is 2.00 bits per heavy atom. The first-order valence-corrected chi connectivity index (χ1v) is 8.49. The van der Waals surface area contributed by atoms with E-state index in [0.717, 1.165) is 31.7 Å². The summed E-state index contributed by atoms with van der Waals surface area (Å²) in [5.41, 5.74) is 0. The average Bonchev–Trinajstić information content (AvgIpc) is 3.16. The lowest BCUT2D eigenvalue weighted by molar-refractivity contribution is 0.0667. The van der Waals surface area contributed by atoms with Crippen molar-refractivity contribution in [2.24, 2.45) is 0 Å². The maximum absolute atomic E-state index is 12.2. The lowest BCUT2D eigenvalue weighted by Crippen LogP contribution is -2.48. The van der Waals surface area contributed by atoms with E-state index in [-0.39, 0.29) is 11.9 Å². The summed E-state index contributed by atoms with van der Waals surface area (Å²) < 4.78 is 11.0. The van der Waals surface area contributed by atoms with Crippen molar-refractivity contribution in [3.05, 3.63) is 54.5 Å². The molecule has 5 nitrogen and oxygen atoms in total. The van der Waals surface area contributed by atoms with Crippen molar-refractivity contribution >= 4 is 5.91 Å². The number of piperidine rings is 1. The number of carbonyl (C=O) groups is 1. The largest absolute Gasteiger partial charge is 0.492 e. The Kier molecular flexibility index (Phi) is 5.54. The van der Waals surface area contributed by atoms with Gasteiger partial charge in [-0.25, -0.2) is 0 Å². The molecule has 0 spiro atoms. The highest BCUT2D eigenvalue weighted by Gasteiger charge is 2.25. The van der Waals surface area contributed by atoms with Crippen LogP contribution >= 0.6 is 0 Å². The molecule has 3 rings (SSSR count). The fourth-order valence-electron chi connectivity index (χ4n) is 2.99. The molecule has 1 aromatic heterocycles. The third-order valence-electron chi connectivity index (χ3n) is 4.28. The zero-order valence-corrected chi connectivity index (χ0v) is 14.0. The molecule has 5 heteroatoms. The predicted octanol–water partition coefficient (Wildman–Crippen LogP) is 2.94. The van der Waals surface area contributed by atoms with Gasteiger partial charge in [0.05, 0.1) is 6.26 Å². The van der Waals surface area contributed by atoms with Crippen molar-refractivity contribution in [3.8, 4) is 5.75 Å². The van der Waals surface area contributed by atoms with Gasteiger partial charge < -0.3 is 19.4 Å². The Balaban J connectivity index is 1.39. The van der Waals surface area contributed by atoms with Crippen molar-refractivity contribution in [1.82, 2.24) is 10.2 Å². The van der Waals surface area contributed by atoms with Crippen molar-refractivity contribution in [1.29, 1.82) is 0 Å². The van der Waals surface area contributed by atoms with Gasteiger partial charge >= 0.3 is 0 Å². The minimum absolute atomic E-state index is 0.0149. The summed E-state index contributed by atoms with van der Waals surface area (Å²) in [5, 5.41) is 3.60. The SMILES string of the molecule is CC(COc1ccccc1)NC1CCN(C(=O)c2ccco2)CC1. The van der Waals surface area contributed by atoms with Gasteiger partial charge in [0.15, 0.2) is 5.76 Å². The number of rotatable bonds is 6. The molecule has 1 aliphatic rings. The van der Waals surface area contributed by atoms with Crippen LogP contribution in [0, 0.1) is 0 Å². The van der Waals surface area contributed by atoms with E-state index < -0.39 is 0 Å². The van der Waals surface area contributed by atoms with Crippen molar-refractivity contribution < 1.29 is 13.9 Å². The van der Waals surface area contributed by atoms with E-state index in [4.69, 9.17) is 9.15 Å². The molecule has 1 N–H and O–H groups in total. The molecule has 0 aliphatic carbocycles. The first kappa shape index (κ1) is 16.6. The normalized spacial score (nSPS) is 16.8. The second kappa shape index (κ2) is 8.02. The summed E-state index contributed by atoms with van der Waals surface area (Å²) in [6.45, 7) is 4.27. The summed E-state index contributed by atoms with van der Waals surface area (Å²) in [4.78, 5) is 14.1. The van der Waals surface area contributed by atoms with Gasteiger partial charge in [-0.1, -0.05) is 18.2 Å². The Hall–Kier alpha value is -2.27. The number of nitrogens with zero attached hydrogens (tertiary/aromatic N) is 1. The number of furan rings is 1. The third kappa shape index (κ3) is 4.38. The second-order valence-electron chi connectivity index (χ2n) is 6.24. The number of likely N-dealkylation sites (tertiary alicyclic amines) is 1. The average molecular weight is 328 g/mol. The molecule has 2 heterocycles. The molecule has 128 valence electrons. The first-order valence-electron chi connectivity index (χ1n) is 8.49. The Morgan fingerprint density at radius 3 is 2.67 bits per heavy atom. The van der Waals surface area contributed by atoms with Gasteiger partial charge in [-0.2, -0.15) is 0 Å². The van der Waals surface area contributed by atoms with Gasteiger partial charge in [0.1, 0.15) is 12.4 Å². The zero-order valence-electron chi connectivity index (χ0n) is 14.0. The van der Waals surface area contributed by atoms with Crippen molar-refractivity contribution in [2.45, 2.75) is 31.8 Å². The second-order valence-corrected chi connectivity index (χ2v) is 6.24. The van der Waals surface area contributed by atoms with E-state index in [9.17, 15) is 4.79 Å². The van der Waals surface area contributed by atoms with E-state index in [1.165, 1.54) is 6.26 Å². The smallest absolute Gasteiger partial charge is 0.289 e. The molecule has 1 unspecified atom stereocenters. The van der Waals surface area contributed by atoms with Crippen LogP contribution in [-0.4, -0.2) is 42.6 Å². The summed E-state index contributed by atoms with van der Waals surface area (Å²) >= 11 is 0. The van der Waals surface area contributed by atoms with Crippen LogP contribution in [0.25, 0.3) is 0 Å². The fraction of sp³-hybridized carbons (Fsp3) is 0.421. The van der Waals surface area contributed by atoms with Crippen LogP contribution in [0.4, 0.5) is 0 Å². The van der Waals surface area contributed by atoms with Crippen LogP contribution in [0.15, 0.2) is 53.1 Å². The molecule has 1 fully saturated rings. The highest BCUT2D eigenvalue weighted by atomic mass is 16.5. The number of amides is 1. The van der Waals surface area contributed by atoms with Crippen LogP contribution in [-0.2, 0) is 0 Å². The van der Waals surface area contributed by atoms with Crippen molar-refractivity contribution in [3.63, 3.8) is 0 Å². The number of carbonyl (C=O) groups excluding carboxylic acids is 1. The van der Waals surface area contributed by atoms with Gasteiger partial charge in [0, 0.05) is 25.2 Å². The van der Waals surface area contributed by atoms with Gasteiger partial charge in [0.25, 0.3) is 5.91 Å². The Bertz CT molecular complexity index is 619. The maximum atomic E-state index is 12.2. The molecule has 24 heavy (non-hydrogen) atoms. The van der Waals surface area contributed by atoms with Crippen molar-refractivity contribution in [2.75, 3.05) is 19.7 Å². The van der Waals surface area contributed by atoms with E-state index in [1.807, 2.05) is 35.2 Å². The zero-order chi connectivity index (χ0) is 16.8. The molecule has 1 aromatic carbocycles. The lowest BCUT2D eigenvalue weighted by Gasteiger charge is -2.33. The fourth-order valence-corrected chi connectivity index (χ4v) is 2.99. The van der Waals surface area contributed by atoms with Crippen LogP contribution < -0.4 is 10.1 Å². The molecule has 0 saturated carbocycles. The molecule has 1 saturated heterocycles. The number of ether oxygens (including phenoxy) is 1. The van der Waals surface area contributed by atoms with Crippen LogP contribution in [0.1, 0.15) is 30.3 Å². The van der Waals surface area contributed by atoms with Crippen LogP contribution in [0.5, 0.6) is 5.75 Å². The summed E-state index contributed by atoms with van der Waals surface area (Å²) in [7, 11) is 0. The molecule has 0 bridgehead atoms. The van der Waals surface area contributed by atoms with E-state index in [2.05, 4.69) is 12.2 Å². The standard InChI is InChI=1S/C19H24N2O3/c1-15(14-24-17-6-3-2-4-7-17)20-16-9-11-21(12-10-16)19(22)18-8-5-13-23-18/h2-8,13,15-16,20H,9-12,14H2,1H3. The Labute approximate surface area is 142 Å². The van der Waals surface area contributed by atoms with Gasteiger partial charge in [-0.15, -0.1) is 0 Å². The first-order chi connectivity index (χ1) is 11.7. The number of nitrogens with one attached hydrogen (secondary N) is 1. The predicted molar refractivity (Wildman–Crippen MR) is 92.2 cm³/mol. The number of para-hydroxylation sites is 1. The number of hydrogen-bond donors (Lipinski definition) is 1. The summed E-state index contributed by atoms with van der Waals surface area (Å²) in [6, 6.07) is 14.0. The number of hydrogen-bond acceptors (Lipinski definition) is 4. The molecule has 1 atom stereocenters. The molecular weight excluding hydrogens is 304 g/mol. The monoisotopic (exact) mass is 328 g/mol. The highest BCUT2D eigenvalue weighted by Crippen LogP contribution is 2.15. The van der Waals surface area contributed by atoms with Gasteiger partial charge in [-0.05, 0) is 44.0 Å². The molecule has 1 aliphatic heterocycles. The van der Waals surface area contributed by atoms with Crippen LogP contribution in [0.3, 0.4) is 0 Å². The topological polar surface area (TPSA) is 54.7 Å². The summed E-state index contributed by atoms with van der Waals surface area (Å²) in [6.07, 6.45) is 3.43. The van der Waals surface area contributed by atoms with E-state index in [0.29, 0.717) is 18.4 Å². The van der Waals surface area contributed by atoms with Gasteiger partial charge in [0.2, 0.25) is 0 Å². The third-order valence-corrected chi connectivity index (χ3v) is 4.28. The van der Waals surface area contributed by atoms with Crippen LogP contribution in [0.2, 0.25) is 0 Å². The Morgan fingerprint density at radius 1 is 1.25 bits per heavy atom. The van der Waals surface area contributed by atoms with Gasteiger partial charge in [-0.3, -0.25) is 4.79 Å².